The topological polar surface area (TPSA) is 66.6 Å². The Hall–Kier alpha value is -0.610. The van der Waals surface area contributed by atoms with Crippen LogP contribution in [0.15, 0.2) is 0 Å². The summed E-state index contributed by atoms with van der Waals surface area (Å²) < 4.78 is 0. The molecule has 2 saturated carbocycles. The lowest BCUT2D eigenvalue weighted by atomic mass is 9.93. The number of amides is 1. The van der Waals surface area contributed by atoms with Crippen LogP contribution in [0.4, 0.5) is 0 Å². The fourth-order valence-electron chi connectivity index (χ4n) is 2.58. The predicted octanol–water partition coefficient (Wildman–Crippen LogP) is 0.631. The third-order valence-corrected chi connectivity index (χ3v) is 3.83. The van der Waals surface area contributed by atoms with Gasteiger partial charge in [0.15, 0.2) is 0 Å². The van der Waals surface area contributed by atoms with E-state index in [0.717, 1.165) is 25.7 Å². The van der Waals surface area contributed by atoms with Crippen LogP contribution in [0.2, 0.25) is 0 Å². The van der Waals surface area contributed by atoms with E-state index < -0.39 is 5.54 Å². The molecular formula is C12H22N2O2. The molecule has 1 amide bonds. The molecule has 16 heavy (non-hydrogen) atoms. The van der Waals surface area contributed by atoms with Gasteiger partial charge in [-0.05, 0) is 25.7 Å². The first-order valence-corrected chi connectivity index (χ1v) is 6.38. The van der Waals surface area contributed by atoms with Gasteiger partial charge in [-0.15, -0.1) is 0 Å². The summed E-state index contributed by atoms with van der Waals surface area (Å²) in [6.07, 6.45) is 7.41. The lowest BCUT2D eigenvalue weighted by Crippen LogP contribution is -2.51. The molecule has 0 radical (unpaired) electrons. The molecule has 2 aliphatic rings. The standard InChI is InChI=1S/C12H22N2O2/c13-12(6-7-12)11(16)14(8-9-15)10-4-2-1-3-5-10/h10,15H,1-9,13H2. The van der Waals surface area contributed by atoms with Crippen molar-refractivity contribution in [3.63, 3.8) is 0 Å². The van der Waals surface area contributed by atoms with Crippen molar-refractivity contribution in [1.29, 1.82) is 0 Å². The van der Waals surface area contributed by atoms with E-state index in [0.29, 0.717) is 12.6 Å². The monoisotopic (exact) mass is 226 g/mol. The van der Waals surface area contributed by atoms with Crippen molar-refractivity contribution < 1.29 is 9.90 Å². The van der Waals surface area contributed by atoms with Crippen molar-refractivity contribution in [3.8, 4) is 0 Å². The Morgan fingerprint density at radius 3 is 2.44 bits per heavy atom. The number of carbonyl (C=O) groups is 1. The van der Waals surface area contributed by atoms with Gasteiger partial charge in [-0.1, -0.05) is 19.3 Å². The van der Waals surface area contributed by atoms with Crippen LogP contribution < -0.4 is 5.73 Å². The number of aliphatic hydroxyl groups excluding tert-OH is 1. The Morgan fingerprint density at radius 2 is 1.94 bits per heavy atom. The molecule has 0 aliphatic heterocycles. The van der Waals surface area contributed by atoms with Crippen LogP contribution >= 0.6 is 0 Å². The molecule has 4 nitrogen and oxygen atoms in total. The Morgan fingerprint density at radius 1 is 1.31 bits per heavy atom. The van der Waals surface area contributed by atoms with Crippen molar-refractivity contribution >= 4 is 5.91 Å². The Bertz CT molecular complexity index is 258. The maximum Gasteiger partial charge on any atom is 0.242 e. The summed E-state index contributed by atoms with van der Waals surface area (Å²) in [4.78, 5) is 14.0. The van der Waals surface area contributed by atoms with E-state index in [9.17, 15) is 4.79 Å². The molecule has 2 rings (SSSR count). The second-order valence-electron chi connectivity index (χ2n) is 5.17. The van der Waals surface area contributed by atoms with Crippen LogP contribution in [0.25, 0.3) is 0 Å². The van der Waals surface area contributed by atoms with Crippen LogP contribution in [-0.2, 0) is 4.79 Å². The highest BCUT2D eigenvalue weighted by atomic mass is 16.3. The van der Waals surface area contributed by atoms with Crippen molar-refractivity contribution in [2.24, 2.45) is 5.73 Å². The molecule has 0 heterocycles. The van der Waals surface area contributed by atoms with Crippen molar-refractivity contribution in [1.82, 2.24) is 4.90 Å². The van der Waals surface area contributed by atoms with Gasteiger partial charge in [0.05, 0.1) is 12.1 Å². The molecule has 0 aromatic carbocycles. The summed E-state index contributed by atoms with van der Waals surface area (Å²) in [6, 6.07) is 0.314. The summed E-state index contributed by atoms with van der Waals surface area (Å²) in [5.41, 5.74) is 5.36. The molecule has 2 aliphatic carbocycles. The number of hydrogen-bond donors (Lipinski definition) is 2. The highest BCUT2D eigenvalue weighted by Gasteiger charge is 2.49. The third-order valence-electron chi connectivity index (χ3n) is 3.83. The molecule has 0 spiro atoms. The fourth-order valence-corrected chi connectivity index (χ4v) is 2.58. The van der Waals surface area contributed by atoms with Crippen LogP contribution in [0.5, 0.6) is 0 Å². The van der Waals surface area contributed by atoms with E-state index >= 15 is 0 Å². The summed E-state index contributed by atoms with van der Waals surface area (Å²) in [5, 5.41) is 9.07. The van der Waals surface area contributed by atoms with Crippen molar-refractivity contribution in [3.05, 3.63) is 0 Å². The van der Waals surface area contributed by atoms with Crippen molar-refractivity contribution in [2.45, 2.75) is 56.5 Å². The minimum Gasteiger partial charge on any atom is -0.395 e. The molecule has 0 aromatic heterocycles. The van der Waals surface area contributed by atoms with Crippen LogP contribution in [0.3, 0.4) is 0 Å². The summed E-state index contributed by atoms with van der Waals surface area (Å²) >= 11 is 0. The lowest BCUT2D eigenvalue weighted by molar-refractivity contribution is -0.137. The minimum absolute atomic E-state index is 0.0400. The van der Waals surface area contributed by atoms with Gasteiger partial charge < -0.3 is 15.7 Å². The molecule has 2 fully saturated rings. The van der Waals surface area contributed by atoms with E-state index in [2.05, 4.69) is 0 Å². The average Bonchev–Trinajstić information content (AvgIpc) is 3.06. The van der Waals surface area contributed by atoms with E-state index in [4.69, 9.17) is 10.8 Å². The van der Waals surface area contributed by atoms with Crippen molar-refractivity contribution in [2.75, 3.05) is 13.2 Å². The van der Waals surface area contributed by atoms with Gasteiger partial charge in [0, 0.05) is 12.6 Å². The number of nitrogens with zero attached hydrogens (tertiary/aromatic N) is 1. The summed E-state index contributed by atoms with van der Waals surface area (Å²) in [7, 11) is 0. The first kappa shape index (κ1) is 11.9. The van der Waals surface area contributed by atoms with Gasteiger partial charge in [-0.25, -0.2) is 0 Å². The molecule has 0 aromatic rings. The highest BCUT2D eigenvalue weighted by Crippen LogP contribution is 2.36. The Kier molecular flexibility index (Phi) is 3.50. The van der Waals surface area contributed by atoms with E-state index in [1.54, 1.807) is 0 Å². The number of aliphatic hydroxyl groups is 1. The highest BCUT2D eigenvalue weighted by molar-refractivity contribution is 5.89. The summed E-state index contributed by atoms with van der Waals surface area (Å²) in [6.45, 7) is 0.487. The first-order valence-electron chi connectivity index (χ1n) is 6.38. The van der Waals surface area contributed by atoms with E-state index in [-0.39, 0.29) is 12.5 Å². The van der Waals surface area contributed by atoms with Gasteiger partial charge >= 0.3 is 0 Å². The SMILES string of the molecule is NC1(C(=O)N(CCO)C2CCCCC2)CC1. The number of rotatable bonds is 4. The maximum absolute atomic E-state index is 12.2. The molecule has 0 atom stereocenters. The summed E-state index contributed by atoms with van der Waals surface area (Å²) in [5.74, 6) is 0.0634. The van der Waals surface area contributed by atoms with Gasteiger partial charge in [-0.2, -0.15) is 0 Å². The first-order chi connectivity index (χ1) is 7.67. The zero-order chi connectivity index (χ0) is 11.6. The normalized spacial score (nSPS) is 24.1. The molecule has 0 bridgehead atoms. The molecule has 0 saturated heterocycles. The number of nitrogens with two attached hydrogens (primary N) is 1. The van der Waals surface area contributed by atoms with E-state index in [1.165, 1.54) is 19.3 Å². The molecule has 4 heteroatoms. The predicted molar refractivity (Wildman–Crippen MR) is 61.8 cm³/mol. The van der Waals surface area contributed by atoms with Crippen LogP contribution in [0, 0.1) is 0 Å². The second-order valence-corrected chi connectivity index (χ2v) is 5.17. The zero-order valence-corrected chi connectivity index (χ0v) is 9.82. The molecule has 92 valence electrons. The largest absolute Gasteiger partial charge is 0.395 e. The average molecular weight is 226 g/mol. The quantitative estimate of drug-likeness (QED) is 0.739. The smallest absolute Gasteiger partial charge is 0.242 e. The second kappa shape index (κ2) is 4.72. The number of hydrogen-bond acceptors (Lipinski definition) is 3. The van der Waals surface area contributed by atoms with Gasteiger partial charge in [0.1, 0.15) is 0 Å². The molecule has 3 N–H and O–H groups in total. The van der Waals surface area contributed by atoms with Gasteiger partial charge in [0.25, 0.3) is 0 Å². The maximum atomic E-state index is 12.2. The Labute approximate surface area is 96.8 Å². The third kappa shape index (κ3) is 2.38. The Balaban J connectivity index is 2.00. The molecular weight excluding hydrogens is 204 g/mol. The van der Waals surface area contributed by atoms with Crippen LogP contribution in [-0.4, -0.2) is 40.6 Å². The molecule has 0 unspecified atom stereocenters. The zero-order valence-electron chi connectivity index (χ0n) is 9.82. The minimum atomic E-state index is -0.591. The lowest BCUT2D eigenvalue weighted by Gasteiger charge is -2.35. The van der Waals surface area contributed by atoms with Crippen LogP contribution in [0.1, 0.15) is 44.9 Å². The van der Waals surface area contributed by atoms with E-state index in [1.807, 2.05) is 4.90 Å². The van der Waals surface area contributed by atoms with Gasteiger partial charge in [-0.3, -0.25) is 4.79 Å². The fraction of sp³-hybridized carbons (Fsp3) is 0.917. The number of carbonyl (C=O) groups excluding carboxylic acids is 1. The van der Waals surface area contributed by atoms with Gasteiger partial charge in [0.2, 0.25) is 5.91 Å².